The van der Waals surface area contributed by atoms with Crippen molar-refractivity contribution in [2.24, 2.45) is 0 Å². The molecule has 1 aliphatic heterocycles. The molecule has 1 aromatic heterocycles. The average Bonchev–Trinajstić information content (AvgIpc) is 2.39. The first-order valence-electron chi connectivity index (χ1n) is 6.00. The zero-order valence-corrected chi connectivity index (χ0v) is 11.9. The zero-order chi connectivity index (χ0) is 13.0. The number of anilines is 1. The van der Waals surface area contributed by atoms with Gasteiger partial charge in [-0.1, -0.05) is 6.07 Å². The summed E-state index contributed by atoms with van der Waals surface area (Å²) >= 11 is 3.36. The van der Waals surface area contributed by atoms with Gasteiger partial charge in [-0.15, -0.1) is 0 Å². The van der Waals surface area contributed by atoms with Gasteiger partial charge >= 0.3 is 6.09 Å². The highest BCUT2D eigenvalue weighted by molar-refractivity contribution is 9.10. The summed E-state index contributed by atoms with van der Waals surface area (Å²) in [7, 11) is 0. The minimum Gasteiger partial charge on any atom is -0.450 e. The monoisotopic (exact) mass is 313 g/mol. The Balaban J connectivity index is 1.92. The summed E-state index contributed by atoms with van der Waals surface area (Å²) in [5, 5.41) is 0. The van der Waals surface area contributed by atoms with Gasteiger partial charge in [-0.25, -0.2) is 9.78 Å². The van der Waals surface area contributed by atoms with E-state index in [1.165, 1.54) is 0 Å². The highest BCUT2D eigenvalue weighted by Gasteiger charge is 2.22. The number of piperazine rings is 1. The molecule has 5 nitrogen and oxygen atoms in total. The second-order valence-electron chi connectivity index (χ2n) is 3.99. The molecule has 1 amide bonds. The summed E-state index contributed by atoms with van der Waals surface area (Å²) in [6.45, 7) is 5.15. The Morgan fingerprint density at radius 3 is 2.72 bits per heavy atom. The third-order valence-corrected chi connectivity index (χ3v) is 3.27. The normalized spacial score (nSPS) is 15.7. The number of amides is 1. The Bertz CT molecular complexity index is 420. The van der Waals surface area contributed by atoms with Crippen molar-refractivity contribution < 1.29 is 9.53 Å². The van der Waals surface area contributed by atoms with E-state index in [1.54, 1.807) is 4.90 Å². The van der Waals surface area contributed by atoms with E-state index in [0.717, 1.165) is 23.5 Å². The van der Waals surface area contributed by atoms with E-state index in [9.17, 15) is 4.79 Å². The van der Waals surface area contributed by atoms with Gasteiger partial charge in [0, 0.05) is 26.2 Å². The summed E-state index contributed by atoms with van der Waals surface area (Å²) in [6.07, 6.45) is -0.223. The molecule has 1 saturated heterocycles. The maximum absolute atomic E-state index is 11.6. The van der Waals surface area contributed by atoms with Gasteiger partial charge < -0.3 is 14.5 Å². The van der Waals surface area contributed by atoms with E-state index in [1.807, 2.05) is 25.1 Å². The molecule has 0 aromatic carbocycles. The summed E-state index contributed by atoms with van der Waals surface area (Å²) in [5.74, 6) is 0.938. The van der Waals surface area contributed by atoms with Crippen molar-refractivity contribution in [1.29, 1.82) is 0 Å². The van der Waals surface area contributed by atoms with Crippen LogP contribution < -0.4 is 4.90 Å². The Morgan fingerprint density at radius 1 is 1.39 bits per heavy atom. The summed E-state index contributed by atoms with van der Waals surface area (Å²) in [4.78, 5) is 19.9. The molecule has 98 valence electrons. The maximum Gasteiger partial charge on any atom is 0.409 e. The number of nitrogens with zero attached hydrogens (tertiary/aromatic N) is 3. The lowest BCUT2D eigenvalue weighted by molar-refractivity contribution is 0.105. The van der Waals surface area contributed by atoms with Gasteiger partial charge in [0.15, 0.2) is 0 Å². The molecule has 0 unspecified atom stereocenters. The van der Waals surface area contributed by atoms with Crippen molar-refractivity contribution in [2.45, 2.75) is 6.92 Å². The highest BCUT2D eigenvalue weighted by Crippen LogP contribution is 2.16. The van der Waals surface area contributed by atoms with Gasteiger partial charge in [0.2, 0.25) is 0 Å². The fraction of sp³-hybridized carbons (Fsp3) is 0.500. The molecule has 2 heterocycles. The van der Waals surface area contributed by atoms with Crippen molar-refractivity contribution in [1.82, 2.24) is 9.88 Å². The van der Waals surface area contributed by atoms with Gasteiger partial charge in [0.05, 0.1) is 6.61 Å². The fourth-order valence-corrected chi connectivity index (χ4v) is 2.24. The topological polar surface area (TPSA) is 45.7 Å². The first-order chi connectivity index (χ1) is 8.70. The van der Waals surface area contributed by atoms with E-state index < -0.39 is 0 Å². The molecule has 2 rings (SSSR count). The second kappa shape index (κ2) is 6.04. The van der Waals surface area contributed by atoms with E-state index in [-0.39, 0.29) is 6.09 Å². The van der Waals surface area contributed by atoms with Crippen LogP contribution in [-0.2, 0) is 4.74 Å². The number of carbonyl (C=O) groups excluding carboxylic acids is 1. The van der Waals surface area contributed by atoms with Gasteiger partial charge in [0.1, 0.15) is 10.4 Å². The molecular formula is C12H16BrN3O2. The number of aromatic nitrogens is 1. The highest BCUT2D eigenvalue weighted by atomic mass is 79.9. The largest absolute Gasteiger partial charge is 0.450 e. The number of pyridine rings is 1. The van der Waals surface area contributed by atoms with Crippen LogP contribution in [0.4, 0.5) is 10.6 Å². The lowest BCUT2D eigenvalue weighted by Crippen LogP contribution is -2.49. The maximum atomic E-state index is 11.6. The third kappa shape index (κ3) is 3.13. The number of halogens is 1. The standard InChI is InChI=1S/C12H16BrN3O2/c1-2-18-12(17)16-8-6-15(7-9-16)11-5-3-4-10(13)14-11/h3-5H,2,6-9H2,1H3. The first-order valence-corrected chi connectivity index (χ1v) is 6.79. The minimum atomic E-state index is -0.223. The Hall–Kier alpha value is -1.30. The van der Waals surface area contributed by atoms with E-state index in [4.69, 9.17) is 4.74 Å². The number of hydrogen-bond acceptors (Lipinski definition) is 4. The van der Waals surface area contributed by atoms with Crippen LogP contribution in [0.1, 0.15) is 6.92 Å². The molecule has 1 fully saturated rings. The van der Waals surface area contributed by atoms with E-state index >= 15 is 0 Å². The van der Waals surface area contributed by atoms with Gasteiger partial charge in [0.25, 0.3) is 0 Å². The zero-order valence-electron chi connectivity index (χ0n) is 10.3. The number of hydrogen-bond donors (Lipinski definition) is 0. The molecule has 0 aliphatic carbocycles. The van der Waals surface area contributed by atoms with Crippen LogP contribution in [0.5, 0.6) is 0 Å². The summed E-state index contributed by atoms with van der Waals surface area (Å²) in [5.41, 5.74) is 0. The molecule has 0 atom stereocenters. The molecular weight excluding hydrogens is 298 g/mol. The molecule has 18 heavy (non-hydrogen) atoms. The third-order valence-electron chi connectivity index (χ3n) is 2.83. The van der Waals surface area contributed by atoms with Crippen LogP contribution in [0.2, 0.25) is 0 Å². The summed E-state index contributed by atoms with van der Waals surface area (Å²) < 4.78 is 5.81. The predicted octanol–water partition coefficient (Wildman–Crippen LogP) is 2.12. The van der Waals surface area contributed by atoms with Crippen LogP contribution in [-0.4, -0.2) is 48.8 Å². The predicted molar refractivity (Wildman–Crippen MR) is 72.7 cm³/mol. The molecule has 0 spiro atoms. The van der Waals surface area contributed by atoms with Gasteiger partial charge in [-0.2, -0.15) is 0 Å². The van der Waals surface area contributed by atoms with Crippen molar-refractivity contribution in [3.63, 3.8) is 0 Å². The van der Waals surface area contributed by atoms with E-state index in [0.29, 0.717) is 19.7 Å². The van der Waals surface area contributed by atoms with Gasteiger partial charge in [-0.3, -0.25) is 0 Å². The lowest BCUT2D eigenvalue weighted by Gasteiger charge is -2.34. The number of carbonyl (C=O) groups is 1. The second-order valence-corrected chi connectivity index (χ2v) is 4.80. The fourth-order valence-electron chi connectivity index (χ4n) is 1.91. The van der Waals surface area contributed by atoms with Crippen molar-refractivity contribution in [2.75, 3.05) is 37.7 Å². The van der Waals surface area contributed by atoms with Crippen molar-refractivity contribution >= 4 is 27.8 Å². The molecule has 6 heteroatoms. The SMILES string of the molecule is CCOC(=O)N1CCN(c2cccc(Br)n2)CC1. The Kier molecular flexibility index (Phi) is 4.41. The average molecular weight is 314 g/mol. The van der Waals surface area contributed by atoms with Crippen molar-refractivity contribution in [3.8, 4) is 0 Å². The molecule has 0 saturated carbocycles. The van der Waals surface area contributed by atoms with Crippen LogP contribution in [0, 0.1) is 0 Å². The van der Waals surface area contributed by atoms with Crippen LogP contribution >= 0.6 is 15.9 Å². The number of ether oxygens (including phenoxy) is 1. The smallest absolute Gasteiger partial charge is 0.409 e. The molecule has 0 radical (unpaired) electrons. The number of rotatable bonds is 2. The lowest BCUT2D eigenvalue weighted by atomic mass is 10.3. The van der Waals surface area contributed by atoms with Gasteiger partial charge in [-0.05, 0) is 35.0 Å². The van der Waals surface area contributed by atoms with Crippen molar-refractivity contribution in [3.05, 3.63) is 22.8 Å². The first kappa shape index (κ1) is 13.1. The molecule has 0 N–H and O–H groups in total. The molecule has 1 aromatic rings. The Labute approximate surface area is 115 Å². The van der Waals surface area contributed by atoms with E-state index in [2.05, 4.69) is 25.8 Å². The van der Waals surface area contributed by atoms with Crippen LogP contribution in [0.25, 0.3) is 0 Å². The molecule has 0 bridgehead atoms. The molecule has 1 aliphatic rings. The van der Waals surface area contributed by atoms with Crippen LogP contribution in [0.15, 0.2) is 22.8 Å². The quantitative estimate of drug-likeness (QED) is 0.785. The Morgan fingerprint density at radius 2 is 2.11 bits per heavy atom. The summed E-state index contributed by atoms with van der Waals surface area (Å²) in [6, 6.07) is 5.84. The minimum absolute atomic E-state index is 0.223. The van der Waals surface area contributed by atoms with Crippen LogP contribution in [0.3, 0.4) is 0 Å².